The van der Waals surface area contributed by atoms with Crippen LogP contribution in [0.1, 0.15) is 31.7 Å². The third-order valence-electron chi connectivity index (χ3n) is 6.79. The second-order valence-corrected chi connectivity index (χ2v) is 9.95. The lowest BCUT2D eigenvalue weighted by Crippen LogP contribution is -2.53. The van der Waals surface area contributed by atoms with Crippen molar-refractivity contribution in [2.45, 2.75) is 32.1 Å². The fourth-order valence-electron chi connectivity index (χ4n) is 4.51. The summed E-state index contributed by atoms with van der Waals surface area (Å²) in [7, 11) is 0. The molecule has 10 nitrogen and oxygen atoms in total. The number of hydrogen-bond acceptors (Lipinski definition) is 8. The quantitative estimate of drug-likeness (QED) is 0.542. The van der Waals surface area contributed by atoms with E-state index in [0.29, 0.717) is 61.1 Å². The van der Waals surface area contributed by atoms with Crippen molar-refractivity contribution in [2.75, 3.05) is 44.8 Å². The van der Waals surface area contributed by atoms with Gasteiger partial charge in [-0.15, -0.1) is 0 Å². The highest BCUT2D eigenvalue weighted by atomic mass is 19.1. The second-order valence-electron chi connectivity index (χ2n) is 9.95. The highest BCUT2D eigenvalue weighted by Gasteiger charge is 2.43. The van der Waals surface area contributed by atoms with Crippen LogP contribution in [0.3, 0.4) is 0 Å². The van der Waals surface area contributed by atoms with E-state index in [-0.39, 0.29) is 24.9 Å². The van der Waals surface area contributed by atoms with Crippen LogP contribution in [0.4, 0.5) is 10.3 Å². The summed E-state index contributed by atoms with van der Waals surface area (Å²) in [5.74, 6) is 0.221. The van der Waals surface area contributed by atoms with Crippen LogP contribution in [-0.2, 0) is 19.0 Å². The number of anilines is 1. The minimum Gasteiger partial charge on any atom is -0.378 e. The van der Waals surface area contributed by atoms with Crippen molar-refractivity contribution >= 4 is 11.9 Å². The van der Waals surface area contributed by atoms with E-state index in [1.54, 1.807) is 34.0 Å². The Morgan fingerprint density at radius 3 is 2.54 bits per heavy atom. The summed E-state index contributed by atoms with van der Waals surface area (Å²) >= 11 is 0. The van der Waals surface area contributed by atoms with Crippen LogP contribution in [0.5, 0.6) is 0 Å². The van der Waals surface area contributed by atoms with Gasteiger partial charge in [-0.25, -0.2) is 19.0 Å². The molecule has 1 aliphatic carbocycles. The Morgan fingerprint density at radius 2 is 1.84 bits per heavy atom. The first-order valence-corrected chi connectivity index (χ1v) is 12.5. The lowest BCUT2D eigenvalue weighted by Gasteiger charge is -2.39. The summed E-state index contributed by atoms with van der Waals surface area (Å²) in [5.41, 5.74) is 1.76. The predicted molar refractivity (Wildman–Crippen MR) is 131 cm³/mol. The molecule has 0 unspecified atom stereocenters. The van der Waals surface area contributed by atoms with Crippen molar-refractivity contribution in [1.29, 1.82) is 0 Å². The summed E-state index contributed by atoms with van der Waals surface area (Å²) in [6.45, 7) is 4.48. The number of nitrogens with one attached hydrogen (secondary N) is 1. The average Bonchev–Trinajstić information content (AvgIpc) is 3.64. The zero-order valence-electron chi connectivity index (χ0n) is 20.6. The van der Waals surface area contributed by atoms with E-state index in [9.17, 15) is 9.18 Å². The van der Waals surface area contributed by atoms with Gasteiger partial charge < -0.3 is 24.4 Å². The van der Waals surface area contributed by atoms with Gasteiger partial charge in [-0.05, 0) is 56.2 Å². The molecular formula is C26H29FN6O4. The molecule has 3 fully saturated rings. The highest BCUT2D eigenvalue weighted by Crippen LogP contribution is 2.35. The molecule has 1 N–H and O–H groups in total. The van der Waals surface area contributed by atoms with E-state index in [2.05, 4.69) is 15.3 Å². The third-order valence-corrected chi connectivity index (χ3v) is 6.79. The smallest absolute Gasteiger partial charge is 0.233 e. The Hall–Kier alpha value is -3.41. The molecule has 0 spiro atoms. The standard InChI is InChI=1S/C26H29FN6O4/c1-26(24(34)32-10-12-35-13-11-32)15-36-23(37-16-26)21-14-22(33(31-21)19-6-2-17(27)3-7-19)20-8-9-28-25(30-20)29-18-4-5-18/h2-3,6-9,14,18,23H,4-5,10-13,15-16H2,1H3,(H,28,29,30). The minimum absolute atomic E-state index is 0.00320. The summed E-state index contributed by atoms with van der Waals surface area (Å²) in [4.78, 5) is 23.9. The van der Waals surface area contributed by atoms with Gasteiger partial charge in [0.25, 0.3) is 0 Å². The molecule has 2 aromatic heterocycles. The maximum atomic E-state index is 13.6. The van der Waals surface area contributed by atoms with Crippen LogP contribution in [0.25, 0.3) is 17.1 Å². The number of hydrogen-bond donors (Lipinski definition) is 1. The molecule has 1 amide bonds. The number of amides is 1. The SMILES string of the molecule is CC1(C(=O)N2CCOCC2)COC(c2cc(-c3ccnc(NC4CC4)n3)n(-c3ccc(F)cc3)n2)OC1. The average molecular weight is 509 g/mol. The van der Waals surface area contributed by atoms with Crippen molar-refractivity contribution in [1.82, 2.24) is 24.6 Å². The van der Waals surface area contributed by atoms with Gasteiger partial charge in [0.15, 0.2) is 0 Å². The number of halogens is 1. The molecule has 0 radical (unpaired) electrons. The normalized spacial score (nSPS) is 24.2. The number of carbonyl (C=O) groups is 1. The van der Waals surface area contributed by atoms with Gasteiger partial charge in [0, 0.05) is 25.3 Å². The number of carbonyl (C=O) groups excluding carboxylic acids is 1. The monoisotopic (exact) mass is 508 g/mol. The molecule has 4 heterocycles. The maximum absolute atomic E-state index is 13.6. The number of nitrogens with zero attached hydrogens (tertiary/aromatic N) is 5. The lowest BCUT2D eigenvalue weighted by molar-refractivity contribution is -0.233. The van der Waals surface area contributed by atoms with Crippen molar-refractivity contribution < 1.29 is 23.4 Å². The molecule has 194 valence electrons. The molecule has 3 aromatic rings. The zero-order chi connectivity index (χ0) is 25.4. The largest absolute Gasteiger partial charge is 0.378 e. The fourth-order valence-corrected chi connectivity index (χ4v) is 4.51. The fraction of sp³-hybridized carbons (Fsp3) is 0.462. The van der Waals surface area contributed by atoms with Gasteiger partial charge in [0.1, 0.15) is 11.5 Å². The number of rotatable bonds is 6. The van der Waals surface area contributed by atoms with Crippen LogP contribution >= 0.6 is 0 Å². The van der Waals surface area contributed by atoms with Crippen LogP contribution in [0, 0.1) is 11.2 Å². The van der Waals surface area contributed by atoms with E-state index in [4.69, 9.17) is 19.3 Å². The molecule has 6 rings (SSSR count). The predicted octanol–water partition coefficient (Wildman–Crippen LogP) is 2.95. The number of ether oxygens (including phenoxy) is 3. The third kappa shape index (κ3) is 5.07. The topological polar surface area (TPSA) is 104 Å². The molecule has 1 aromatic carbocycles. The molecule has 1 saturated carbocycles. The van der Waals surface area contributed by atoms with Gasteiger partial charge in [0.05, 0.1) is 48.9 Å². The van der Waals surface area contributed by atoms with E-state index in [1.807, 2.05) is 13.0 Å². The zero-order valence-corrected chi connectivity index (χ0v) is 20.6. The van der Waals surface area contributed by atoms with Gasteiger partial charge in [-0.3, -0.25) is 4.79 Å². The van der Waals surface area contributed by atoms with Crippen molar-refractivity contribution in [2.24, 2.45) is 5.41 Å². The van der Waals surface area contributed by atoms with Crippen molar-refractivity contribution in [3.63, 3.8) is 0 Å². The lowest BCUT2D eigenvalue weighted by atomic mass is 9.90. The number of benzene rings is 1. The minimum atomic E-state index is -0.785. The van der Waals surface area contributed by atoms with Crippen molar-refractivity contribution in [3.8, 4) is 17.1 Å². The first-order valence-electron chi connectivity index (χ1n) is 12.5. The summed E-state index contributed by atoms with van der Waals surface area (Å²) in [6, 6.07) is 10.1. The number of aromatic nitrogens is 4. The van der Waals surface area contributed by atoms with Crippen molar-refractivity contribution in [3.05, 3.63) is 54.1 Å². The molecule has 37 heavy (non-hydrogen) atoms. The van der Waals surface area contributed by atoms with Crippen LogP contribution in [-0.4, -0.2) is 76.1 Å². The molecule has 0 atom stereocenters. The van der Waals surface area contributed by atoms with E-state index >= 15 is 0 Å². The molecule has 2 saturated heterocycles. The van der Waals surface area contributed by atoms with E-state index in [1.165, 1.54) is 12.1 Å². The number of morpholine rings is 1. The van der Waals surface area contributed by atoms with E-state index < -0.39 is 11.7 Å². The first kappa shape index (κ1) is 24.0. The van der Waals surface area contributed by atoms with Crippen LogP contribution < -0.4 is 5.32 Å². The Bertz CT molecular complexity index is 1260. The summed E-state index contributed by atoms with van der Waals surface area (Å²) in [5, 5.41) is 8.06. The van der Waals surface area contributed by atoms with Gasteiger partial charge in [-0.2, -0.15) is 5.10 Å². The van der Waals surface area contributed by atoms with Gasteiger partial charge in [-0.1, -0.05) is 0 Å². The van der Waals surface area contributed by atoms with Gasteiger partial charge >= 0.3 is 0 Å². The molecule has 0 bridgehead atoms. The summed E-state index contributed by atoms with van der Waals surface area (Å²) < 4.78 is 32.8. The maximum Gasteiger partial charge on any atom is 0.233 e. The molecule has 2 aliphatic heterocycles. The highest BCUT2D eigenvalue weighted by molar-refractivity contribution is 5.83. The Labute approximate surface area is 213 Å². The molecule has 3 aliphatic rings. The van der Waals surface area contributed by atoms with Crippen LogP contribution in [0.15, 0.2) is 42.6 Å². The Morgan fingerprint density at radius 1 is 1.11 bits per heavy atom. The molecular weight excluding hydrogens is 479 g/mol. The van der Waals surface area contributed by atoms with Gasteiger partial charge in [0.2, 0.25) is 18.1 Å². The molecule has 11 heteroatoms. The summed E-state index contributed by atoms with van der Waals surface area (Å²) in [6.07, 6.45) is 3.16. The van der Waals surface area contributed by atoms with E-state index in [0.717, 1.165) is 12.8 Å². The Kier molecular flexibility index (Phi) is 6.35. The second kappa shape index (κ2) is 9.81. The van der Waals surface area contributed by atoms with Crippen LogP contribution in [0.2, 0.25) is 0 Å². The Balaban J connectivity index is 1.26. The first-order chi connectivity index (χ1) is 18.0.